The maximum Gasteiger partial charge on any atom is 0.0561 e. The Balaban J connectivity index is 2.50. The quantitative estimate of drug-likeness (QED) is 0.643. The first kappa shape index (κ1) is 7.35. The van der Waals surface area contributed by atoms with Gasteiger partial charge in [0, 0.05) is 12.4 Å². The third-order valence-electron chi connectivity index (χ3n) is 1.33. The first-order chi connectivity index (χ1) is 4.93. The smallest absolute Gasteiger partial charge is 0.0561 e. The minimum absolute atomic E-state index is 0.749. The Morgan fingerprint density at radius 1 is 1.20 bits per heavy atom. The maximum absolute atomic E-state index is 4.48. The van der Waals surface area contributed by atoms with Gasteiger partial charge in [-0.25, -0.2) is 4.36 Å². The van der Waals surface area contributed by atoms with Crippen molar-refractivity contribution in [2.75, 3.05) is 6.54 Å². The maximum atomic E-state index is 4.48. The Hall–Kier alpha value is -0.760. The van der Waals surface area contributed by atoms with Crippen LogP contribution in [-0.2, 0) is 18.8 Å². The molecule has 2 heteroatoms. The summed E-state index contributed by atoms with van der Waals surface area (Å²) in [4.78, 5) is 0. The van der Waals surface area contributed by atoms with Crippen molar-refractivity contribution in [3.8, 4) is 0 Å². The van der Waals surface area contributed by atoms with Crippen LogP contribution in [0.5, 0.6) is 0 Å². The van der Waals surface area contributed by atoms with E-state index in [9.17, 15) is 0 Å². The molecule has 0 aliphatic carbocycles. The molecule has 0 saturated heterocycles. The van der Waals surface area contributed by atoms with Crippen molar-refractivity contribution in [1.29, 1.82) is 0 Å². The third kappa shape index (κ3) is 2.23. The van der Waals surface area contributed by atoms with E-state index in [1.54, 1.807) is 0 Å². The largest absolute Gasteiger partial charge is 0.219 e. The SMILES string of the molecule is S=NCCc1ccccc1. The lowest BCUT2D eigenvalue weighted by molar-refractivity contribution is 0.985. The van der Waals surface area contributed by atoms with Crippen molar-refractivity contribution in [1.82, 2.24) is 0 Å². The average Bonchev–Trinajstić information content (AvgIpc) is 2.03. The zero-order valence-corrected chi connectivity index (χ0v) is 6.47. The molecule has 52 valence electrons. The predicted molar refractivity (Wildman–Crippen MR) is 44.8 cm³/mol. The van der Waals surface area contributed by atoms with Gasteiger partial charge in [-0.05, 0) is 12.0 Å². The van der Waals surface area contributed by atoms with Gasteiger partial charge in [0.2, 0.25) is 0 Å². The normalized spacial score (nSPS) is 9.20. The lowest BCUT2D eigenvalue weighted by Gasteiger charge is -1.93. The van der Waals surface area contributed by atoms with Crippen LogP contribution in [-0.4, -0.2) is 6.54 Å². The Labute approximate surface area is 66.3 Å². The van der Waals surface area contributed by atoms with Crippen molar-refractivity contribution < 1.29 is 0 Å². The number of rotatable bonds is 3. The van der Waals surface area contributed by atoms with E-state index in [0.717, 1.165) is 13.0 Å². The van der Waals surface area contributed by atoms with Gasteiger partial charge in [0.05, 0.1) is 6.54 Å². The van der Waals surface area contributed by atoms with Crippen LogP contribution in [0.2, 0.25) is 0 Å². The highest BCUT2D eigenvalue weighted by atomic mass is 32.1. The Bertz CT molecular complexity index is 196. The Morgan fingerprint density at radius 2 is 1.90 bits per heavy atom. The van der Waals surface area contributed by atoms with E-state index in [1.165, 1.54) is 5.56 Å². The molecule has 0 aliphatic heterocycles. The van der Waals surface area contributed by atoms with Gasteiger partial charge in [-0.1, -0.05) is 30.3 Å². The fourth-order valence-corrected chi connectivity index (χ4v) is 0.911. The van der Waals surface area contributed by atoms with E-state index >= 15 is 0 Å². The van der Waals surface area contributed by atoms with Gasteiger partial charge in [0.1, 0.15) is 0 Å². The lowest BCUT2D eigenvalue weighted by Crippen LogP contribution is -1.86. The summed E-state index contributed by atoms with van der Waals surface area (Å²) in [6.07, 6.45) is 0.963. The minimum Gasteiger partial charge on any atom is -0.219 e. The number of benzene rings is 1. The second kappa shape index (κ2) is 4.12. The third-order valence-corrected chi connectivity index (χ3v) is 1.52. The molecule has 0 amide bonds. The summed E-state index contributed by atoms with van der Waals surface area (Å²) in [5.74, 6) is 0. The molecule has 0 aromatic heterocycles. The van der Waals surface area contributed by atoms with E-state index in [4.69, 9.17) is 0 Å². The molecule has 1 aromatic carbocycles. The fraction of sp³-hybridized carbons (Fsp3) is 0.250. The van der Waals surface area contributed by atoms with E-state index < -0.39 is 0 Å². The molecule has 0 aliphatic rings. The van der Waals surface area contributed by atoms with Crippen LogP contribution in [0.25, 0.3) is 0 Å². The van der Waals surface area contributed by atoms with Crippen molar-refractivity contribution in [2.45, 2.75) is 6.42 Å². The zero-order chi connectivity index (χ0) is 7.23. The molecule has 0 fully saturated rings. The highest BCUT2D eigenvalue weighted by molar-refractivity contribution is 7.47. The van der Waals surface area contributed by atoms with Crippen LogP contribution in [0, 0.1) is 0 Å². The summed E-state index contributed by atoms with van der Waals surface area (Å²) < 4.78 is 3.61. The van der Waals surface area contributed by atoms with Crippen LogP contribution >= 0.6 is 0 Å². The first-order valence-corrected chi connectivity index (χ1v) is 3.63. The van der Waals surface area contributed by atoms with Gasteiger partial charge < -0.3 is 0 Å². The number of nitrogens with zero attached hydrogens (tertiary/aromatic N) is 1. The van der Waals surface area contributed by atoms with Gasteiger partial charge in [-0.3, -0.25) is 0 Å². The molecular weight excluding hydrogens is 142 g/mol. The van der Waals surface area contributed by atoms with Gasteiger partial charge in [-0.15, -0.1) is 0 Å². The molecule has 0 bridgehead atoms. The van der Waals surface area contributed by atoms with Crippen LogP contribution in [0.4, 0.5) is 0 Å². The fourth-order valence-electron chi connectivity index (χ4n) is 0.819. The summed E-state index contributed by atoms with van der Waals surface area (Å²) in [5, 5.41) is 0. The molecule has 0 saturated carbocycles. The summed E-state index contributed by atoms with van der Waals surface area (Å²) >= 11 is 4.48. The van der Waals surface area contributed by atoms with Crippen molar-refractivity contribution >= 4 is 12.4 Å². The van der Waals surface area contributed by atoms with Crippen molar-refractivity contribution in [2.24, 2.45) is 4.36 Å². The second-order valence-electron chi connectivity index (χ2n) is 2.09. The standard InChI is InChI=1S/C8H9NS/c10-9-7-6-8-4-2-1-3-5-8/h1-5H,6-7H2. The molecule has 0 spiro atoms. The Morgan fingerprint density at radius 3 is 2.50 bits per heavy atom. The van der Waals surface area contributed by atoms with E-state index in [-0.39, 0.29) is 0 Å². The molecule has 0 atom stereocenters. The monoisotopic (exact) mass is 151 g/mol. The van der Waals surface area contributed by atoms with Gasteiger partial charge in [0.15, 0.2) is 0 Å². The molecule has 10 heavy (non-hydrogen) atoms. The second-order valence-corrected chi connectivity index (χ2v) is 2.35. The summed E-state index contributed by atoms with van der Waals surface area (Å²) in [7, 11) is 0. The molecule has 0 heterocycles. The molecule has 1 nitrogen and oxygen atoms in total. The van der Waals surface area contributed by atoms with Gasteiger partial charge in [0.25, 0.3) is 0 Å². The molecule has 0 unspecified atom stereocenters. The van der Waals surface area contributed by atoms with Crippen LogP contribution < -0.4 is 0 Å². The summed E-state index contributed by atoms with van der Waals surface area (Å²) in [5.41, 5.74) is 1.30. The van der Waals surface area contributed by atoms with E-state index in [1.807, 2.05) is 18.2 Å². The molecule has 0 N–H and O–H groups in total. The van der Waals surface area contributed by atoms with Crippen molar-refractivity contribution in [3.63, 3.8) is 0 Å². The summed E-state index contributed by atoms with van der Waals surface area (Å²) in [6.45, 7) is 0.749. The first-order valence-electron chi connectivity index (χ1n) is 3.26. The molecule has 0 radical (unpaired) electrons. The molecular formula is C8H9NS. The molecule has 1 aromatic rings. The zero-order valence-electron chi connectivity index (χ0n) is 5.66. The van der Waals surface area contributed by atoms with E-state index in [2.05, 4.69) is 28.9 Å². The van der Waals surface area contributed by atoms with Gasteiger partial charge >= 0.3 is 0 Å². The Kier molecular flexibility index (Phi) is 3.03. The molecule has 1 rings (SSSR count). The van der Waals surface area contributed by atoms with Gasteiger partial charge in [-0.2, -0.15) is 0 Å². The number of hydrogen-bond acceptors (Lipinski definition) is 2. The summed E-state index contributed by atoms with van der Waals surface area (Å²) in [6, 6.07) is 10.2. The predicted octanol–water partition coefficient (Wildman–Crippen LogP) is 1.96. The number of hydrogen-bond donors (Lipinski definition) is 0. The lowest BCUT2D eigenvalue weighted by atomic mass is 10.2. The average molecular weight is 151 g/mol. The highest BCUT2D eigenvalue weighted by Crippen LogP contribution is 1.98. The highest BCUT2D eigenvalue weighted by Gasteiger charge is 1.87. The minimum atomic E-state index is 0.749. The van der Waals surface area contributed by atoms with E-state index in [0.29, 0.717) is 0 Å². The van der Waals surface area contributed by atoms with Crippen LogP contribution in [0.15, 0.2) is 34.7 Å². The van der Waals surface area contributed by atoms with Crippen molar-refractivity contribution in [3.05, 3.63) is 35.9 Å². The topological polar surface area (TPSA) is 12.4 Å². The van der Waals surface area contributed by atoms with Crippen LogP contribution in [0.3, 0.4) is 0 Å². The van der Waals surface area contributed by atoms with Crippen LogP contribution in [0.1, 0.15) is 5.56 Å².